The first-order valence-electron chi connectivity index (χ1n) is 4.62. The first-order valence-corrected chi connectivity index (χ1v) is 5.41. The van der Waals surface area contributed by atoms with Gasteiger partial charge in [0.2, 0.25) is 0 Å². The van der Waals surface area contributed by atoms with E-state index in [0.717, 1.165) is 26.6 Å². The summed E-state index contributed by atoms with van der Waals surface area (Å²) in [5.74, 6) is 0.725. The van der Waals surface area contributed by atoms with E-state index in [1.54, 1.807) is 7.11 Å². The molecule has 3 heteroatoms. The van der Waals surface area contributed by atoms with E-state index >= 15 is 0 Å². The molecule has 2 rings (SSSR count). The minimum absolute atomic E-state index is 0.0169. The highest BCUT2D eigenvalue weighted by Crippen LogP contribution is 2.29. The maximum Gasteiger partial charge on any atom is 0.125 e. The maximum atomic E-state index is 9.34. The second-order valence-electron chi connectivity index (χ2n) is 3.27. The van der Waals surface area contributed by atoms with E-state index in [9.17, 15) is 5.11 Å². The standard InChI is InChI=1S/C12H11BrO2/c1-15-12-5-3-8-2-4-9(13)6-10(8)11(12)7-14/h2-6,14H,7H2,1H3. The molecule has 0 spiro atoms. The zero-order valence-corrected chi connectivity index (χ0v) is 9.91. The van der Waals surface area contributed by atoms with Crippen molar-refractivity contribution in [1.29, 1.82) is 0 Å². The van der Waals surface area contributed by atoms with Crippen molar-refractivity contribution in [3.63, 3.8) is 0 Å². The van der Waals surface area contributed by atoms with Crippen LogP contribution < -0.4 is 4.74 Å². The van der Waals surface area contributed by atoms with E-state index < -0.39 is 0 Å². The topological polar surface area (TPSA) is 29.5 Å². The second kappa shape index (κ2) is 4.21. The molecule has 0 saturated carbocycles. The van der Waals surface area contributed by atoms with Crippen LogP contribution in [0.1, 0.15) is 5.56 Å². The quantitative estimate of drug-likeness (QED) is 0.905. The molecular formula is C12H11BrO2. The van der Waals surface area contributed by atoms with Crippen LogP contribution in [0, 0.1) is 0 Å². The summed E-state index contributed by atoms with van der Waals surface area (Å²) in [6.07, 6.45) is 0. The molecule has 0 aromatic heterocycles. The van der Waals surface area contributed by atoms with Gasteiger partial charge in [-0.05, 0) is 29.0 Å². The molecule has 0 bridgehead atoms. The predicted octanol–water partition coefficient (Wildman–Crippen LogP) is 3.10. The first kappa shape index (κ1) is 10.5. The van der Waals surface area contributed by atoms with Gasteiger partial charge in [0.05, 0.1) is 13.7 Å². The van der Waals surface area contributed by atoms with Gasteiger partial charge in [0.25, 0.3) is 0 Å². The van der Waals surface area contributed by atoms with E-state index in [2.05, 4.69) is 15.9 Å². The molecule has 0 aliphatic rings. The highest BCUT2D eigenvalue weighted by molar-refractivity contribution is 9.10. The van der Waals surface area contributed by atoms with Crippen LogP contribution in [-0.4, -0.2) is 12.2 Å². The Balaban J connectivity index is 2.79. The van der Waals surface area contributed by atoms with Crippen molar-refractivity contribution >= 4 is 26.7 Å². The Bertz CT molecular complexity index is 494. The largest absolute Gasteiger partial charge is 0.496 e. The molecule has 0 fully saturated rings. The number of fused-ring (bicyclic) bond motifs is 1. The third-order valence-corrected chi connectivity index (χ3v) is 2.92. The summed E-state index contributed by atoms with van der Waals surface area (Å²) in [6, 6.07) is 9.85. The van der Waals surface area contributed by atoms with Gasteiger partial charge in [0, 0.05) is 10.0 Å². The molecule has 78 valence electrons. The van der Waals surface area contributed by atoms with Crippen molar-refractivity contribution in [1.82, 2.24) is 0 Å². The Labute approximate surface area is 96.6 Å². The smallest absolute Gasteiger partial charge is 0.125 e. The Morgan fingerprint density at radius 1 is 1.27 bits per heavy atom. The monoisotopic (exact) mass is 266 g/mol. The molecule has 0 heterocycles. The molecule has 2 nitrogen and oxygen atoms in total. The van der Waals surface area contributed by atoms with E-state index in [0.29, 0.717) is 0 Å². The van der Waals surface area contributed by atoms with Gasteiger partial charge in [-0.1, -0.05) is 28.1 Å². The maximum absolute atomic E-state index is 9.34. The Kier molecular flexibility index (Phi) is 2.93. The predicted molar refractivity (Wildman–Crippen MR) is 64.1 cm³/mol. The van der Waals surface area contributed by atoms with E-state index in [4.69, 9.17) is 4.74 Å². The lowest BCUT2D eigenvalue weighted by molar-refractivity contribution is 0.275. The summed E-state index contributed by atoms with van der Waals surface area (Å²) >= 11 is 3.42. The number of aliphatic hydroxyl groups excluding tert-OH is 1. The fourth-order valence-electron chi connectivity index (χ4n) is 1.69. The van der Waals surface area contributed by atoms with Crippen molar-refractivity contribution < 1.29 is 9.84 Å². The number of halogens is 1. The molecule has 0 amide bonds. The number of aliphatic hydroxyl groups is 1. The second-order valence-corrected chi connectivity index (χ2v) is 4.19. The van der Waals surface area contributed by atoms with Crippen LogP contribution in [0.3, 0.4) is 0 Å². The zero-order valence-electron chi connectivity index (χ0n) is 8.33. The number of hydrogen-bond donors (Lipinski definition) is 1. The van der Waals surface area contributed by atoms with E-state index in [1.807, 2.05) is 30.3 Å². The number of rotatable bonds is 2. The third kappa shape index (κ3) is 1.85. The fourth-order valence-corrected chi connectivity index (χ4v) is 2.05. The van der Waals surface area contributed by atoms with Crippen LogP contribution in [0.15, 0.2) is 34.8 Å². The molecule has 0 unspecified atom stereocenters. The molecule has 15 heavy (non-hydrogen) atoms. The average Bonchev–Trinajstić information content (AvgIpc) is 2.27. The van der Waals surface area contributed by atoms with E-state index in [1.165, 1.54) is 0 Å². The summed E-state index contributed by atoms with van der Waals surface area (Å²) in [5.41, 5.74) is 0.830. The first-order chi connectivity index (χ1) is 7.26. The van der Waals surface area contributed by atoms with Gasteiger partial charge >= 0.3 is 0 Å². The number of benzene rings is 2. The van der Waals surface area contributed by atoms with Gasteiger partial charge in [-0.3, -0.25) is 0 Å². The summed E-state index contributed by atoms with van der Waals surface area (Å²) in [5, 5.41) is 11.5. The average molecular weight is 267 g/mol. The third-order valence-electron chi connectivity index (χ3n) is 2.43. The molecule has 0 atom stereocenters. The lowest BCUT2D eigenvalue weighted by atomic mass is 10.0. The Hall–Kier alpha value is -1.06. The Morgan fingerprint density at radius 2 is 2.00 bits per heavy atom. The normalized spacial score (nSPS) is 10.6. The van der Waals surface area contributed by atoms with Gasteiger partial charge < -0.3 is 9.84 Å². The lowest BCUT2D eigenvalue weighted by Crippen LogP contribution is -1.93. The fraction of sp³-hybridized carbons (Fsp3) is 0.167. The molecule has 2 aromatic carbocycles. The SMILES string of the molecule is COc1ccc2ccc(Br)cc2c1CO. The molecule has 0 aliphatic heterocycles. The molecule has 1 N–H and O–H groups in total. The summed E-state index contributed by atoms with van der Waals surface area (Å²) in [4.78, 5) is 0. The molecule has 0 saturated heterocycles. The van der Waals surface area contributed by atoms with Crippen molar-refractivity contribution in [2.45, 2.75) is 6.61 Å². The van der Waals surface area contributed by atoms with Crippen LogP contribution in [0.25, 0.3) is 10.8 Å². The van der Waals surface area contributed by atoms with Crippen molar-refractivity contribution in [3.8, 4) is 5.75 Å². The summed E-state index contributed by atoms with van der Waals surface area (Å²) in [6.45, 7) is -0.0169. The molecule has 0 aliphatic carbocycles. The zero-order chi connectivity index (χ0) is 10.8. The van der Waals surface area contributed by atoms with E-state index in [-0.39, 0.29) is 6.61 Å². The lowest BCUT2D eigenvalue weighted by Gasteiger charge is -2.10. The van der Waals surface area contributed by atoms with Crippen molar-refractivity contribution in [2.24, 2.45) is 0 Å². The van der Waals surface area contributed by atoms with Crippen molar-refractivity contribution in [2.75, 3.05) is 7.11 Å². The van der Waals surface area contributed by atoms with Gasteiger partial charge in [0.1, 0.15) is 5.75 Å². The van der Waals surface area contributed by atoms with Crippen LogP contribution in [0.2, 0.25) is 0 Å². The van der Waals surface area contributed by atoms with Gasteiger partial charge in [-0.15, -0.1) is 0 Å². The van der Waals surface area contributed by atoms with Crippen LogP contribution >= 0.6 is 15.9 Å². The number of methoxy groups -OCH3 is 1. The minimum atomic E-state index is -0.0169. The van der Waals surface area contributed by atoms with Gasteiger partial charge in [-0.2, -0.15) is 0 Å². The highest BCUT2D eigenvalue weighted by atomic mass is 79.9. The molecule has 0 radical (unpaired) electrons. The number of hydrogen-bond acceptors (Lipinski definition) is 2. The molecule has 2 aromatic rings. The number of ether oxygens (including phenoxy) is 1. The summed E-state index contributed by atoms with van der Waals surface area (Å²) < 4.78 is 6.21. The highest BCUT2D eigenvalue weighted by Gasteiger charge is 2.07. The van der Waals surface area contributed by atoms with Gasteiger partial charge in [0.15, 0.2) is 0 Å². The van der Waals surface area contributed by atoms with Crippen LogP contribution in [0.4, 0.5) is 0 Å². The minimum Gasteiger partial charge on any atom is -0.496 e. The van der Waals surface area contributed by atoms with Crippen molar-refractivity contribution in [3.05, 3.63) is 40.4 Å². The summed E-state index contributed by atoms with van der Waals surface area (Å²) in [7, 11) is 1.61. The van der Waals surface area contributed by atoms with Crippen LogP contribution in [-0.2, 0) is 6.61 Å². The molecular weight excluding hydrogens is 256 g/mol. The van der Waals surface area contributed by atoms with Gasteiger partial charge in [-0.25, -0.2) is 0 Å². The Morgan fingerprint density at radius 3 is 2.67 bits per heavy atom. The van der Waals surface area contributed by atoms with Crippen LogP contribution in [0.5, 0.6) is 5.75 Å².